The Kier molecular flexibility index (Phi) is 4.50. The second-order valence-corrected chi connectivity index (χ2v) is 6.40. The molecule has 1 saturated heterocycles. The first-order chi connectivity index (χ1) is 10.7. The molecule has 120 valence electrons. The number of hydrogen-bond donors (Lipinski definition) is 1. The number of likely N-dealkylation sites (tertiary alicyclic amines) is 1. The van der Waals surface area contributed by atoms with Crippen molar-refractivity contribution in [3.05, 3.63) is 23.9 Å². The third-order valence-corrected chi connectivity index (χ3v) is 4.91. The smallest absolute Gasteiger partial charge is 0.212 e. The van der Waals surface area contributed by atoms with Gasteiger partial charge < -0.3 is 15.0 Å². The summed E-state index contributed by atoms with van der Waals surface area (Å²) in [6.07, 6.45) is 7.35. The Morgan fingerprint density at radius 3 is 2.82 bits per heavy atom. The number of hydrogen-bond acceptors (Lipinski definition) is 3. The van der Waals surface area contributed by atoms with Gasteiger partial charge in [0.05, 0.1) is 13.7 Å². The van der Waals surface area contributed by atoms with Gasteiger partial charge in [0.1, 0.15) is 0 Å². The summed E-state index contributed by atoms with van der Waals surface area (Å²) < 4.78 is 5.09. The lowest BCUT2D eigenvalue weighted by molar-refractivity contribution is 0.151. The highest BCUT2D eigenvalue weighted by Crippen LogP contribution is 2.47. The van der Waals surface area contributed by atoms with Gasteiger partial charge in [-0.05, 0) is 37.2 Å². The lowest BCUT2D eigenvalue weighted by Gasteiger charge is -2.38. The van der Waals surface area contributed by atoms with Gasteiger partial charge >= 0.3 is 0 Å². The maximum absolute atomic E-state index is 5.09. The van der Waals surface area contributed by atoms with Crippen LogP contribution in [0.4, 0.5) is 0 Å². The Labute approximate surface area is 132 Å². The molecule has 5 heteroatoms. The second-order valence-electron chi connectivity index (χ2n) is 6.40. The Balaban J connectivity index is 1.64. The quantitative estimate of drug-likeness (QED) is 0.685. The van der Waals surface area contributed by atoms with Gasteiger partial charge in [0.2, 0.25) is 5.88 Å². The van der Waals surface area contributed by atoms with Crippen molar-refractivity contribution in [3.63, 3.8) is 0 Å². The molecule has 0 radical (unpaired) electrons. The highest BCUT2D eigenvalue weighted by Gasteiger charge is 2.43. The van der Waals surface area contributed by atoms with Crippen LogP contribution in [0.25, 0.3) is 0 Å². The molecule has 2 heterocycles. The normalized spacial score (nSPS) is 20.1. The van der Waals surface area contributed by atoms with Gasteiger partial charge in [-0.25, -0.2) is 9.98 Å². The van der Waals surface area contributed by atoms with Crippen molar-refractivity contribution < 1.29 is 4.74 Å². The van der Waals surface area contributed by atoms with Gasteiger partial charge in [-0.1, -0.05) is 12.5 Å². The zero-order valence-electron chi connectivity index (χ0n) is 13.6. The summed E-state index contributed by atoms with van der Waals surface area (Å²) in [6, 6.07) is 3.91. The molecule has 1 N–H and O–H groups in total. The fourth-order valence-electron chi connectivity index (χ4n) is 3.42. The van der Waals surface area contributed by atoms with Crippen LogP contribution in [0.3, 0.4) is 0 Å². The molecule has 1 aromatic heterocycles. The Morgan fingerprint density at radius 2 is 2.27 bits per heavy atom. The van der Waals surface area contributed by atoms with Crippen LogP contribution in [-0.4, -0.2) is 42.6 Å². The lowest BCUT2D eigenvalue weighted by Crippen LogP contribution is -2.42. The zero-order chi connectivity index (χ0) is 15.4. The monoisotopic (exact) mass is 302 g/mol. The summed E-state index contributed by atoms with van der Waals surface area (Å²) in [5.74, 6) is 1.69. The predicted molar refractivity (Wildman–Crippen MR) is 88.1 cm³/mol. The number of nitrogens with zero attached hydrogens (tertiary/aromatic N) is 3. The SMILES string of the molecule is CCNC(=NCc1ccc(OC)nc1)N1CCC2(CCC2)C1. The number of rotatable bonds is 4. The van der Waals surface area contributed by atoms with Gasteiger partial charge in [-0.3, -0.25) is 0 Å². The first kappa shape index (κ1) is 15.1. The van der Waals surface area contributed by atoms with E-state index in [1.54, 1.807) is 7.11 Å². The minimum atomic E-state index is 0.595. The van der Waals surface area contributed by atoms with Gasteiger partial charge in [-0.15, -0.1) is 0 Å². The maximum Gasteiger partial charge on any atom is 0.212 e. The summed E-state index contributed by atoms with van der Waals surface area (Å²) in [7, 11) is 1.63. The molecule has 3 rings (SSSR count). The number of ether oxygens (including phenoxy) is 1. The standard InChI is InChI=1S/C17H26N4O/c1-3-18-16(21-10-9-17(13-21)7-4-8-17)20-12-14-5-6-15(22-2)19-11-14/h5-6,11H,3-4,7-10,12-13H2,1-2H3,(H,18,20). The van der Waals surface area contributed by atoms with Crippen molar-refractivity contribution >= 4 is 5.96 Å². The van der Waals surface area contributed by atoms with Crippen LogP contribution in [0.2, 0.25) is 0 Å². The fraction of sp³-hybridized carbons (Fsp3) is 0.647. The molecule has 0 unspecified atom stereocenters. The van der Waals surface area contributed by atoms with Crippen LogP contribution >= 0.6 is 0 Å². The summed E-state index contributed by atoms with van der Waals surface area (Å²) in [6.45, 7) is 5.98. The number of methoxy groups -OCH3 is 1. The first-order valence-electron chi connectivity index (χ1n) is 8.27. The van der Waals surface area contributed by atoms with Gasteiger partial charge in [0.25, 0.3) is 0 Å². The summed E-state index contributed by atoms with van der Waals surface area (Å²) in [5.41, 5.74) is 1.70. The van der Waals surface area contributed by atoms with Crippen LogP contribution in [0.5, 0.6) is 5.88 Å². The van der Waals surface area contributed by atoms with E-state index >= 15 is 0 Å². The van der Waals surface area contributed by atoms with E-state index in [0.717, 1.165) is 24.6 Å². The molecule has 5 nitrogen and oxygen atoms in total. The van der Waals surface area contributed by atoms with Crippen molar-refractivity contribution in [2.24, 2.45) is 10.4 Å². The molecule has 0 amide bonds. The number of nitrogens with one attached hydrogen (secondary N) is 1. The van der Waals surface area contributed by atoms with E-state index < -0.39 is 0 Å². The second kappa shape index (κ2) is 6.55. The Hall–Kier alpha value is -1.78. The highest BCUT2D eigenvalue weighted by atomic mass is 16.5. The van der Waals surface area contributed by atoms with Crippen molar-refractivity contribution in [3.8, 4) is 5.88 Å². The van der Waals surface area contributed by atoms with E-state index in [4.69, 9.17) is 9.73 Å². The van der Waals surface area contributed by atoms with Gasteiger partial charge in [0.15, 0.2) is 5.96 Å². The number of aromatic nitrogens is 1. The van der Waals surface area contributed by atoms with Crippen LogP contribution < -0.4 is 10.1 Å². The summed E-state index contributed by atoms with van der Waals surface area (Å²) in [5, 5.41) is 3.43. The first-order valence-corrected chi connectivity index (χ1v) is 8.27. The molecule has 0 aromatic carbocycles. The van der Waals surface area contributed by atoms with E-state index in [0.29, 0.717) is 17.8 Å². The third-order valence-electron chi connectivity index (χ3n) is 4.91. The van der Waals surface area contributed by atoms with E-state index in [9.17, 15) is 0 Å². The van der Waals surface area contributed by atoms with Crippen molar-refractivity contribution in [1.29, 1.82) is 0 Å². The average Bonchev–Trinajstić information content (AvgIpc) is 2.98. The Morgan fingerprint density at radius 1 is 1.41 bits per heavy atom. The Bertz CT molecular complexity index is 522. The molecule has 2 fully saturated rings. The molecule has 22 heavy (non-hydrogen) atoms. The number of guanidine groups is 1. The van der Waals surface area contributed by atoms with E-state index in [1.807, 2.05) is 18.3 Å². The molecule has 2 aliphatic rings. The lowest BCUT2D eigenvalue weighted by atomic mass is 9.68. The van der Waals surface area contributed by atoms with E-state index in [1.165, 1.54) is 32.2 Å². The molecule has 1 aromatic rings. The molecule has 1 spiro atoms. The molecule has 1 saturated carbocycles. The van der Waals surface area contributed by atoms with Crippen molar-refractivity contribution in [2.75, 3.05) is 26.7 Å². The molecule has 1 aliphatic heterocycles. The third kappa shape index (κ3) is 3.18. The topological polar surface area (TPSA) is 49.8 Å². The maximum atomic E-state index is 5.09. The van der Waals surface area contributed by atoms with Crippen molar-refractivity contribution in [1.82, 2.24) is 15.2 Å². The predicted octanol–water partition coefficient (Wildman–Crippen LogP) is 2.43. The summed E-state index contributed by atoms with van der Waals surface area (Å²) in [4.78, 5) is 11.5. The van der Waals surface area contributed by atoms with Gasteiger partial charge in [-0.2, -0.15) is 0 Å². The molecule has 1 aliphatic carbocycles. The number of aliphatic imine (C=N–C) groups is 1. The summed E-state index contributed by atoms with van der Waals surface area (Å²) >= 11 is 0. The van der Waals surface area contributed by atoms with Crippen LogP contribution in [0.1, 0.15) is 38.2 Å². The molecule has 0 bridgehead atoms. The van der Waals surface area contributed by atoms with Crippen molar-refractivity contribution in [2.45, 2.75) is 39.2 Å². The van der Waals surface area contributed by atoms with E-state index in [-0.39, 0.29) is 0 Å². The van der Waals surface area contributed by atoms with Crippen LogP contribution in [0.15, 0.2) is 23.3 Å². The minimum Gasteiger partial charge on any atom is -0.481 e. The van der Waals surface area contributed by atoms with Crippen LogP contribution in [-0.2, 0) is 6.54 Å². The number of pyridine rings is 1. The van der Waals surface area contributed by atoms with Gasteiger partial charge in [0, 0.05) is 31.9 Å². The average molecular weight is 302 g/mol. The largest absolute Gasteiger partial charge is 0.481 e. The molecule has 0 atom stereocenters. The zero-order valence-corrected chi connectivity index (χ0v) is 13.6. The van der Waals surface area contributed by atoms with Crippen LogP contribution in [0, 0.1) is 5.41 Å². The highest BCUT2D eigenvalue weighted by molar-refractivity contribution is 5.80. The molecular weight excluding hydrogens is 276 g/mol. The van der Waals surface area contributed by atoms with E-state index in [2.05, 4.69) is 22.1 Å². The fourth-order valence-corrected chi connectivity index (χ4v) is 3.42. The minimum absolute atomic E-state index is 0.595. The molecular formula is C17H26N4O.